The summed E-state index contributed by atoms with van der Waals surface area (Å²) in [7, 11) is 4.18. The standard InChI is InChI=1S/C15H26N4O/c1-4-9-19(11-10-18(2)3)12-13-5-7-14(8-6-13)15(20)17-16/h5-8H,4,9-12,16H2,1-3H3,(H,17,20). The number of rotatable bonds is 8. The zero-order valence-electron chi connectivity index (χ0n) is 12.7. The molecule has 0 fully saturated rings. The van der Waals surface area contributed by atoms with Gasteiger partial charge < -0.3 is 4.90 Å². The van der Waals surface area contributed by atoms with E-state index in [1.807, 2.05) is 24.3 Å². The number of carbonyl (C=O) groups excluding carboxylic acids is 1. The Balaban J connectivity index is 2.61. The first-order valence-corrected chi connectivity index (χ1v) is 7.03. The van der Waals surface area contributed by atoms with E-state index in [4.69, 9.17) is 5.84 Å². The summed E-state index contributed by atoms with van der Waals surface area (Å²) in [6.07, 6.45) is 1.14. The van der Waals surface area contributed by atoms with Crippen LogP contribution in [-0.2, 0) is 6.54 Å². The van der Waals surface area contributed by atoms with Crippen LogP contribution in [0.2, 0.25) is 0 Å². The van der Waals surface area contributed by atoms with E-state index in [1.165, 1.54) is 5.56 Å². The van der Waals surface area contributed by atoms with E-state index < -0.39 is 0 Å². The lowest BCUT2D eigenvalue weighted by Crippen LogP contribution is -2.32. The monoisotopic (exact) mass is 278 g/mol. The predicted molar refractivity (Wildman–Crippen MR) is 82.2 cm³/mol. The molecular weight excluding hydrogens is 252 g/mol. The SMILES string of the molecule is CCCN(CCN(C)C)Cc1ccc(C(=O)NN)cc1. The van der Waals surface area contributed by atoms with Gasteiger partial charge >= 0.3 is 0 Å². The van der Waals surface area contributed by atoms with E-state index in [0.717, 1.165) is 32.6 Å². The molecule has 0 unspecified atom stereocenters. The van der Waals surface area contributed by atoms with Crippen LogP contribution < -0.4 is 11.3 Å². The fourth-order valence-electron chi connectivity index (χ4n) is 2.03. The van der Waals surface area contributed by atoms with Gasteiger partial charge in [0.05, 0.1) is 0 Å². The van der Waals surface area contributed by atoms with Gasteiger partial charge in [0.1, 0.15) is 0 Å². The van der Waals surface area contributed by atoms with Crippen molar-refractivity contribution in [1.82, 2.24) is 15.2 Å². The van der Waals surface area contributed by atoms with Gasteiger partial charge in [-0.25, -0.2) is 5.84 Å². The maximum Gasteiger partial charge on any atom is 0.265 e. The summed E-state index contributed by atoms with van der Waals surface area (Å²) >= 11 is 0. The third-order valence-electron chi connectivity index (χ3n) is 3.16. The van der Waals surface area contributed by atoms with Crippen LogP contribution >= 0.6 is 0 Å². The molecular formula is C15H26N4O. The van der Waals surface area contributed by atoms with E-state index in [-0.39, 0.29) is 5.91 Å². The number of likely N-dealkylation sites (N-methyl/N-ethyl adjacent to an activating group) is 1. The number of hydrogen-bond acceptors (Lipinski definition) is 4. The first-order valence-electron chi connectivity index (χ1n) is 7.03. The molecule has 0 atom stereocenters. The van der Waals surface area contributed by atoms with Crippen molar-refractivity contribution < 1.29 is 4.79 Å². The largest absolute Gasteiger partial charge is 0.308 e. The lowest BCUT2D eigenvalue weighted by atomic mass is 10.1. The molecule has 1 aromatic rings. The second kappa shape index (κ2) is 8.68. The van der Waals surface area contributed by atoms with Gasteiger partial charge in [0, 0.05) is 25.2 Å². The summed E-state index contributed by atoms with van der Waals surface area (Å²) < 4.78 is 0. The smallest absolute Gasteiger partial charge is 0.265 e. The van der Waals surface area contributed by atoms with Crippen LogP contribution in [0.15, 0.2) is 24.3 Å². The molecule has 0 bridgehead atoms. The molecule has 0 spiro atoms. The van der Waals surface area contributed by atoms with E-state index >= 15 is 0 Å². The minimum atomic E-state index is -0.255. The van der Waals surface area contributed by atoms with E-state index in [1.54, 1.807) is 0 Å². The van der Waals surface area contributed by atoms with Crippen LogP contribution in [0.5, 0.6) is 0 Å². The second-order valence-electron chi connectivity index (χ2n) is 5.25. The molecule has 1 rings (SSSR count). The molecule has 3 N–H and O–H groups in total. The van der Waals surface area contributed by atoms with Crippen LogP contribution in [0.4, 0.5) is 0 Å². The molecule has 5 nitrogen and oxygen atoms in total. The fraction of sp³-hybridized carbons (Fsp3) is 0.533. The molecule has 0 aliphatic rings. The Labute approximate surface area is 121 Å². The third-order valence-corrected chi connectivity index (χ3v) is 3.16. The predicted octanol–water partition coefficient (Wildman–Crippen LogP) is 1.06. The third kappa shape index (κ3) is 5.69. The Kier molecular flexibility index (Phi) is 7.22. The number of carbonyl (C=O) groups is 1. The second-order valence-corrected chi connectivity index (χ2v) is 5.25. The Bertz CT molecular complexity index is 403. The number of nitrogens with one attached hydrogen (secondary N) is 1. The van der Waals surface area contributed by atoms with Crippen LogP contribution in [0.25, 0.3) is 0 Å². The van der Waals surface area contributed by atoms with Crippen LogP contribution in [0.3, 0.4) is 0 Å². The van der Waals surface area contributed by atoms with Crippen molar-refractivity contribution in [1.29, 1.82) is 0 Å². The van der Waals surface area contributed by atoms with Gasteiger partial charge in [0.15, 0.2) is 0 Å². The number of amides is 1. The van der Waals surface area contributed by atoms with E-state index in [2.05, 4.69) is 36.2 Å². The van der Waals surface area contributed by atoms with Crippen LogP contribution in [0, 0.1) is 0 Å². The average molecular weight is 278 g/mol. The summed E-state index contributed by atoms with van der Waals surface area (Å²) in [6, 6.07) is 7.60. The highest BCUT2D eigenvalue weighted by Crippen LogP contribution is 2.08. The molecule has 0 heterocycles. The summed E-state index contributed by atoms with van der Waals surface area (Å²) in [5.74, 6) is 4.86. The molecule has 0 aliphatic carbocycles. The number of nitrogens with two attached hydrogens (primary N) is 1. The zero-order chi connectivity index (χ0) is 15.0. The first-order chi connectivity index (χ1) is 9.56. The van der Waals surface area contributed by atoms with Gasteiger partial charge in [0.25, 0.3) is 5.91 Å². The topological polar surface area (TPSA) is 61.6 Å². The Hall–Kier alpha value is -1.43. The van der Waals surface area contributed by atoms with Crippen molar-refractivity contribution in [3.05, 3.63) is 35.4 Å². The molecule has 20 heavy (non-hydrogen) atoms. The van der Waals surface area contributed by atoms with Crippen molar-refractivity contribution in [3.63, 3.8) is 0 Å². The fourth-order valence-corrected chi connectivity index (χ4v) is 2.03. The number of nitrogen functional groups attached to an aromatic ring is 1. The van der Waals surface area contributed by atoms with Gasteiger partial charge in [0.2, 0.25) is 0 Å². The van der Waals surface area contributed by atoms with Crippen molar-refractivity contribution in [2.45, 2.75) is 19.9 Å². The molecule has 5 heteroatoms. The number of hydrogen-bond donors (Lipinski definition) is 2. The lowest BCUT2D eigenvalue weighted by molar-refractivity contribution is 0.0953. The number of hydrazine groups is 1. The van der Waals surface area contributed by atoms with Gasteiger partial charge in [-0.15, -0.1) is 0 Å². The van der Waals surface area contributed by atoms with Gasteiger partial charge in [-0.3, -0.25) is 15.1 Å². The molecule has 1 aromatic carbocycles. The molecule has 0 radical (unpaired) electrons. The molecule has 0 aromatic heterocycles. The maximum atomic E-state index is 11.4. The van der Waals surface area contributed by atoms with Gasteiger partial charge in [-0.05, 0) is 44.8 Å². The van der Waals surface area contributed by atoms with E-state index in [9.17, 15) is 4.79 Å². The van der Waals surface area contributed by atoms with Crippen molar-refractivity contribution >= 4 is 5.91 Å². The van der Waals surface area contributed by atoms with Crippen molar-refractivity contribution in [3.8, 4) is 0 Å². The number of benzene rings is 1. The maximum absolute atomic E-state index is 11.4. The minimum Gasteiger partial charge on any atom is -0.308 e. The highest BCUT2D eigenvalue weighted by molar-refractivity contribution is 5.93. The molecule has 0 saturated heterocycles. The molecule has 0 saturated carbocycles. The van der Waals surface area contributed by atoms with Crippen molar-refractivity contribution in [2.24, 2.45) is 5.84 Å². The van der Waals surface area contributed by atoms with Crippen molar-refractivity contribution in [2.75, 3.05) is 33.7 Å². The van der Waals surface area contributed by atoms with E-state index in [0.29, 0.717) is 5.56 Å². The summed E-state index contributed by atoms with van der Waals surface area (Å²) in [6.45, 7) is 6.28. The molecule has 1 amide bonds. The molecule has 112 valence electrons. The van der Waals surface area contributed by atoms with Gasteiger partial charge in [-0.2, -0.15) is 0 Å². The quantitative estimate of drug-likeness (QED) is 0.424. The highest BCUT2D eigenvalue weighted by atomic mass is 16.2. The Morgan fingerprint density at radius 3 is 2.30 bits per heavy atom. The molecule has 0 aliphatic heterocycles. The van der Waals surface area contributed by atoms with Crippen LogP contribution in [-0.4, -0.2) is 49.4 Å². The highest BCUT2D eigenvalue weighted by Gasteiger charge is 2.07. The first kappa shape index (κ1) is 16.6. The Morgan fingerprint density at radius 1 is 1.15 bits per heavy atom. The zero-order valence-corrected chi connectivity index (χ0v) is 12.7. The lowest BCUT2D eigenvalue weighted by Gasteiger charge is -2.23. The average Bonchev–Trinajstić information content (AvgIpc) is 2.45. The summed E-state index contributed by atoms with van der Waals surface area (Å²) in [5, 5.41) is 0. The van der Waals surface area contributed by atoms with Crippen LogP contribution in [0.1, 0.15) is 29.3 Å². The summed E-state index contributed by atoms with van der Waals surface area (Å²) in [5.41, 5.74) is 3.94. The minimum absolute atomic E-state index is 0.255. The Morgan fingerprint density at radius 2 is 1.80 bits per heavy atom. The number of nitrogens with zero attached hydrogens (tertiary/aromatic N) is 2. The normalized spacial score (nSPS) is 11.1. The van der Waals surface area contributed by atoms with Gasteiger partial charge in [-0.1, -0.05) is 19.1 Å². The summed E-state index contributed by atoms with van der Waals surface area (Å²) in [4.78, 5) is 16.0.